The van der Waals surface area contributed by atoms with Crippen LogP contribution in [0.1, 0.15) is 90.9 Å². The third-order valence-electron chi connectivity index (χ3n) is 11.8. The number of carbonyl (C=O) groups is 2. The summed E-state index contributed by atoms with van der Waals surface area (Å²) in [5.41, 5.74) is -0.512. The number of halogens is 9. The van der Waals surface area contributed by atoms with Crippen LogP contribution in [0, 0.1) is 45.1 Å². The molecule has 388 valence electrons. The molecule has 20 heteroatoms. The first-order chi connectivity index (χ1) is 32.9. The first-order valence-corrected chi connectivity index (χ1v) is 21.4. The number of carboxylic acids is 1. The van der Waals surface area contributed by atoms with Gasteiger partial charge >= 0.3 is 18.3 Å². The summed E-state index contributed by atoms with van der Waals surface area (Å²) in [5, 5.41) is 31.3. The normalized spacial score (nSPS) is 14.4. The Morgan fingerprint density at radius 3 is 1.41 bits per heavy atom. The molecule has 2 N–H and O–H groups in total. The van der Waals surface area contributed by atoms with Crippen molar-refractivity contribution in [2.45, 2.75) is 73.2 Å². The van der Waals surface area contributed by atoms with E-state index in [9.17, 15) is 55.2 Å². The fourth-order valence-electron chi connectivity index (χ4n) is 8.09. The summed E-state index contributed by atoms with van der Waals surface area (Å²) in [5.74, 6) is -3.83. The van der Waals surface area contributed by atoms with Crippen molar-refractivity contribution in [1.82, 2.24) is 30.2 Å². The fraction of sp³-hybridized carbons (Fsp3) is 0.321. The number of hydrogen-bond donors (Lipinski definition) is 2. The molecule has 0 bridgehead atoms. The van der Waals surface area contributed by atoms with Crippen molar-refractivity contribution in [3.63, 3.8) is 0 Å². The molecule has 8 rings (SSSR count). The number of rotatable bonds is 8. The van der Waals surface area contributed by atoms with E-state index >= 15 is 0 Å². The first-order valence-electron chi connectivity index (χ1n) is 21.4. The van der Waals surface area contributed by atoms with E-state index in [2.05, 4.69) is 37.4 Å². The van der Waals surface area contributed by atoms with Gasteiger partial charge in [0, 0.05) is 61.4 Å². The Labute approximate surface area is 425 Å². The lowest BCUT2D eigenvalue weighted by Crippen LogP contribution is -2.43. The van der Waals surface area contributed by atoms with E-state index in [0.29, 0.717) is 61.3 Å². The topological polar surface area (TPSA) is 169 Å². The molecule has 2 fully saturated rings. The highest BCUT2D eigenvalue weighted by Crippen LogP contribution is 2.39. The van der Waals surface area contributed by atoms with E-state index in [1.165, 1.54) is 18.2 Å². The van der Waals surface area contributed by atoms with E-state index in [1.54, 1.807) is 84.5 Å². The minimum atomic E-state index is -4.81. The lowest BCUT2D eigenvalue weighted by molar-refractivity contribution is -0.140. The first kappa shape index (κ1) is 61.8. The van der Waals surface area contributed by atoms with Gasteiger partial charge in [0.25, 0.3) is 5.91 Å². The monoisotopic (exact) mass is 1040 g/mol. The molecule has 1 amide bonds. The lowest BCUT2D eigenvalue weighted by atomic mass is 9.75. The van der Waals surface area contributed by atoms with Gasteiger partial charge in [-0.3, -0.25) is 24.7 Å². The summed E-state index contributed by atoms with van der Waals surface area (Å²) in [4.78, 5) is 42.1. The molecule has 6 heterocycles. The van der Waals surface area contributed by atoms with Gasteiger partial charge in [-0.25, -0.2) is 13.6 Å². The Kier molecular flexibility index (Phi) is 22.8. The van der Waals surface area contributed by atoms with E-state index < -0.39 is 51.9 Å². The molecule has 0 saturated carbocycles. The number of nitrogens with one attached hydrogen (secondary N) is 1. The molecular weight excluding hydrogens is 984 g/mol. The average molecular weight is 1040 g/mol. The van der Waals surface area contributed by atoms with Crippen LogP contribution in [0.3, 0.4) is 0 Å². The molecule has 0 spiro atoms. The number of carbonyl (C=O) groups excluding carboxylic acids is 1. The zero-order valence-electron chi connectivity index (χ0n) is 36.9. The number of pyridine rings is 4. The third kappa shape index (κ3) is 15.8. The van der Waals surface area contributed by atoms with Crippen LogP contribution in [0.5, 0.6) is 0 Å². The number of nitriles is 2. The molecule has 11 nitrogen and oxygen atoms in total. The van der Waals surface area contributed by atoms with Crippen molar-refractivity contribution in [3.05, 3.63) is 167 Å². The SMILES string of the molecule is C.C.C.Cl.N#CC1(Cc2ccc(F)c(C(F)(F)F)c2)CCN(C(=O)c2cccnc2-c2ccncc2)CC1.N#CC1(Cc2ccc(F)c(C(F)(F)F)c2)CCNCC1.O=C(O)c1cccnc1-c1ccncc1. The zero-order chi connectivity index (χ0) is 49.8. The Morgan fingerprint density at radius 1 is 0.616 bits per heavy atom. The molecule has 2 saturated heterocycles. The summed E-state index contributed by atoms with van der Waals surface area (Å²) < 4.78 is 104. The number of carboxylic acid groups (broad SMARTS) is 1. The highest BCUT2D eigenvalue weighted by atomic mass is 35.5. The van der Waals surface area contributed by atoms with Crippen molar-refractivity contribution in [3.8, 4) is 34.7 Å². The van der Waals surface area contributed by atoms with Gasteiger partial charge in [0.15, 0.2) is 0 Å². The molecular formula is C53H55ClF8N8O3. The van der Waals surface area contributed by atoms with E-state index in [-0.39, 0.29) is 77.7 Å². The molecule has 0 radical (unpaired) electrons. The highest BCUT2D eigenvalue weighted by molar-refractivity contribution is 6.00. The minimum absolute atomic E-state index is 0. The highest BCUT2D eigenvalue weighted by Gasteiger charge is 2.40. The lowest BCUT2D eigenvalue weighted by Gasteiger charge is -2.37. The number of benzene rings is 2. The van der Waals surface area contributed by atoms with Gasteiger partial charge in [-0.1, -0.05) is 34.4 Å². The number of piperidine rings is 2. The Hall–Kier alpha value is -7.35. The van der Waals surface area contributed by atoms with Crippen molar-refractivity contribution in [1.29, 1.82) is 10.5 Å². The van der Waals surface area contributed by atoms with Gasteiger partial charge in [-0.2, -0.15) is 36.9 Å². The van der Waals surface area contributed by atoms with Crippen molar-refractivity contribution in [2.24, 2.45) is 10.8 Å². The third-order valence-corrected chi connectivity index (χ3v) is 11.8. The van der Waals surface area contributed by atoms with Crippen LogP contribution >= 0.6 is 12.4 Å². The Balaban J connectivity index is 0.000000400. The maximum Gasteiger partial charge on any atom is 0.419 e. The molecule has 6 aromatic rings. The Bertz CT molecular complexity index is 2830. The average Bonchev–Trinajstić information content (AvgIpc) is 3.35. The van der Waals surface area contributed by atoms with Gasteiger partial charge in [0.1, 0.15) is 11.6 Å². The van der Waals surface area contributed by atoms with Crippen molar-refractivity contribution in [2.75, 3.05) is 26.2 Å². The van der Waals surface area contributed by atoms with Crippen LogP contribution in [-0.2, 0) is 25.2 Å². The quantitative estimate of drug-likeness (QED) is 0.140. The number of hydrogen-bond acceptors (Lipinski definition) is 9. The zero-order valence-corrected chi connectivity index (χ0v) is 37.8. The van der Waals surface area contributed by atoms with Gasteiger partial charge in [-0.05, 0) is 136 Å². The standard InChI is InChI=1S/C25H20F4N4O.C14H14F4N2.C11H8N2O2.3CH4.ClH/c26-21-4-3-17(14-20(21)25(27,28)29)15-24(16-30)7-12-33(13-8-24)23(34)19-2-1-9-32-22(19)18-5-10-31-11-6-18;15-12-2-1-10(7-11(12)14(16,17)18)8-13(9-19)3-5-20-6-4-13;14-11(15)9-2-1-5-13-10(9)8-3-6-12-7-4-8;;;;/h1-6,9-11,14H,7-8,12-13,15H2;1-2,7,20H,3-6,8H2;1-7H,(H,14,15);3*1H4;1H. The second-order valence-corrected chi connectivity index (χ2v) is 16.4. The van der Waals surface area contributed by atoms with Crippen molar-refractivity contribution < 1.29 is 49.8 Å². The van der Waals surface area contributed by atoms with Gasteiger partial charge in [0.2, 0.25) is 0 Å². The van der Waals surface area contributed by atoms with Gasteiger partial charge < -0.3 is 15.3 Å². The Morgan fingerprint density at radius 2 is 1.01 bits per heavy atom. The molecule has 2 aromatic carbocycles. The summed E-state index contributed by atoms with van der Waals surface area (Å²) in [6.45, 7) is 1.87. The van der Waals surface area contributed by atoms with E-state index in [1.807, 2.05) is 0 Å². The number of aromatic carboxylic acids is 1. The molecule has 0 aliphatic carbocycles. The van der Waals surface area contributed by atoms with Crippen LogP contribution in [0.25, 0.3) is 22.5 Å². The number of likely N-dealkylation sites (tertiary alicyclic amines) is 1. The summed E-state index contributed by atoms with van der Waals surface area (Å²) in [7, 11) is 0. The maximum absolute atomic E-state index is 13.6. The van der Waals surface area contributed by atoms with Crippen LogP contribution in [0.15, 0.2) is 122 Å². The fourth-order valence-corrected chi connectivity index (χ4v) is 8.09. The second kappa shape index (κ2) is 26.9. The number of aromatic nitrogens is 4. The minimum Gasteiger partial charge on any atom is -0.478 e. The molecule has 2 aliphatic rings. The van der Waals surface area contributed by atoms with Crippen LogP contribution in [0.2, 0.25) is 0 Å². The predicted molar refractivity (Wildman–Crippen MR) is 263 cm³/mol. The summed E-state index contributed by atoms with van der Waals surface area (Å²) in [6, 6.07) is 23.7. The number of amides is 1. The predicted octanol–water partition coefficient (Wildman–Crippen LogP) is 12.7. The van der Waals surface area contributed by atoms with Gasteiger partial charge in [-0.15, -0.1) is 12.4 Å². The largest absolute Gasteiger partial charge is 0.478 e. The van der Waals surface area contributed by atoms with Gasteiger partial charge in [0.05, 0.1) is 56.6 Å². The molecule has 2 aliphatic heterocycles. The summed E-state index contributed by atoms with van der Waals surface area (Å²) in [6.07, 6.45) is 2.09. The molecule has 0 unspecified atom stereocenters. The maximum atomic E-state index is 13.6. The van der Waals surface area contributed by atoms with E-state index in [4.69, 9.17) is 5.11 Å². The number of nitrogens with zero attached hydrogens (tertiary/aromatic N) is 7. The molecule has 4 aromatic heterocycles. The van der Waals surface area contributed by atoms with Crippen molar-refractivity contribution >= 4 is 24.3 Å². The van der Waals surface area contributed by atoms with Crippen LogP contribution < -0.4 is 5.32 Å². The van der Waals surface area contributed by atoms with E-state index in [0.717, 1.165) is 35.4 Å². The summed E-state index contributed by atoms with van der Waals surface area (Å²) >= 11 is 0. The van der Waals surface area contributed by atoms with Crippen LogP contribution in [0.4, 0.5) is 35.1 Å². The molecule has 73 heavy (non-hydrogen) atoms. The smallest absolute Gasteiger partial charge is 0.419 e. The molecule has 0 atom stereocenters. The van der Waals surface area contributed by atoms with Crippen LogP contribution in [-0.4, -0.2) is 68.0 Å². The second-order valence-electron chi connectivity index (χ2n) is 16.4. The number of alkyl halides is 6.